The molecule has 4 rings (SSSR count). The molecule has 50 heavy (non-hydrogen) atoms. The Hall–Kier alpha value is -5.24. The van der Waals surface area contributed by atoms with E-state index in [4.69, 9.17) is 18.9 Å². The highest BCUT2D eigenvalue weighted by atomic mass is 16.5. The van der Waals surface area contributed by atoms with Crippen LogP contribution >= 0.6 is 0 Å². The topological polar surface area (TPSA) is 95.8 Å². The summed E-state index contributed by atoms with van der Waals surface area (Å²) in [5.74, 6) is 1.63. The Morgan fingerprint density at radius 3 is 1.20 bits per heavy atom. The van der Waals surface area contributed by atoms with Crippen molar-refractivity contribution in [1.29, 1.82) is 0 Å². The van der Waals surface area contributed by atoms with Crippen LogP contribution < -0.4 is 18.9 Å². The van der Waals surface area contributed by atoms with Crippen LogP contribution in [0.25, 0.3) is 0 Å². The summed E-state index contributed by atoms with van der Waals surface area (Å²) in [7, 11) is 0. The molecule has 0 spiro atoms. The first-order valence-electron chi connectivity index (χ1n) is 17.6. The van der Waals surface area contributed by atoms with Gasteiger partial charge >= 0.3 is 11.9 Å². The Kier molecular flexibility index (Phi) is 16.3. The maximum atomic E-state index is 12.5. The van der Waals surface area contributed by atoms with Crippen LogP contribution in [0, 0.1) is 0 Å². The smallest absolute Gasteiger partial charge is 0.343 e. The van der Waals surface area contributed by atoms with E-state index in [1.165, 1.54) is 0 Å². The lowest BCUT2D eigenvalue weighted by molar-refractivity contribution is 0.0725. The second-order valence-corrected chi connectivity index (χ2v) is 11.9. The second kappa shape index (κ2) is 21.7. The van der Waals surface area contributed by atoms with Gasteiger partial charge in [-0.3, -0.25) is 9.98 Å². The van der Waals surface area contributed by atoms with E-state index >= 15 is 0 Å². The molecule has 0 saturated carbocycles. The van der Waals surface area contributed by atoms with Gasteiger partial charge in [-0.25, -0.2) is 9.59 Å². The molecule has 8 nitrogen and oxygen atoms in total. The van der Waals surface area contributed by atoms with Crippen molar-refractivity contribution in [2.24, 2.45) is 9.98 Å². The highest BCUT2D eigenvalue weighted by Crippen LogP contribution is 2.19. The third-order valence-electron chi connectivity index (χ3n) is 7.70. The summed E-state index contributed by atoms with van der Waals surface area (Å²) in [4.78, 5) is 34.1. The molecule has 0 aliphatic carbocycles. The monoisotopic (exact) mass is 676 g/mol. The molecule has 0 bridgehead atoms. The van der Waals surface area contributed by atoms with E-state index in [1.807, 2.05) is 36.7 Å². The number of carbonyl (C=O) groups excluding carboxylic acids is 2. The summed E-state index contributed by atoms with van der Waals surface area (Å²) >= 11 is 0. The number of unbranched alkanes of at least 4 members (excludes halogenated alkanes) is 5. The van der Waals surface area contributed by atoms with Gasteiger partial charge in [0.05, 0.1) is 24.3 Å². The maximum absolute atomic E-state index is 12.5. The minimum atomic E-state index is -0.411. The Labute approximate surface area is 296 Å². The van der Waals surface area contributed by atoms with Crippen LogP contribution in [0.3, 0.4) is 0 Å². The number of hydrogen-bond acceptors (Lipinski definition) is 8. The normalized spacial score (nSPS) is 11.2. The van der Waals surface area contributed by atoms with Crippen molar-refractivity contribution in [2.45, 2.75) is 65.2 Å². The van der Waals surface area contributed by atoms with E-state index in [9.17, 15) is 9.59 Å². The van der Waals surface area contributed by atoms with Gasteiger partial charge in [0.2, 0.25) is 0 Å². The third kappa shape index (κ3) is 13.7. The first kappa shape index (κ1) is 37.6. The lowest BCUT2D eigenvalue weighted by atomic mass is 10.2. The summed E-state index contributed by atoms with van der Waals surface area (Å²) in [6.45, 7) is 7.05. The van der Waals surface area contributed by atoms with Crippen molar-refractivity contribution in [3.05, 3.63) is 119 Å². The number of rotatable bonds is 21. The molecule has 0 aliphatic rings. The Bertz CT molecular complexity index is 1510. The number of ether oxygens (including phenoxy) is 4. The maximum Gasteiger partial charge on any atom is 0.343 e. The number of benzene rings is 4. The highest BCUT2D eigenvalue weighted by molar-refractivity contribution is 5.92. The van der Waals surface area contributed by atoms with Crippen LogP contribution in [0.2, 0.25) is 0 Å². The zero-order chi connectivity index (χ0) is 35.2. The fourth-order valence-electron chi connectivity index (χ4n) is 4.78. The van der Waals surface area contributed by atoms with Crippen LogP contribution in [0.15, 0.2) is 107 Å². The average molecular weight is 677 g/mol. The van der Waals surface area contributed by atoms with E-state index < -0.39 is 11.9 Å². The standard InChI is InChI=1S/C42H48N2O6/c1-3-5-9-29-47-37-23-15-35(16-24-37)41(45)49-39-19-11-33(12-20-39)31-43-27-7-8-28-44-32-34-13-21-40(22-14-34)50-42(46)36-17-25-38(26-18-36)48-30-10-6-4-2/h11-26,31-32H,3-10,27-30H2,1-2H3. The van der Waals surface area contributed by atoms with Crippen LogP contribution in [0.5, 0.6) is 23.0 Å². The lowest BCUT2D eigenvalue weighted by Crippen LogP contribution is -2.08. The van der Waals surface area contributed by atoms with Gasteiger partial charge in [0.1, 0.15) is 23.0 Å². The molecule has 0 amide bonds. The van der Waals surface area contributed by atoms with E-state index in [0.717, 1.165) is 74.0 Å². The van der Waals surface area contributed by atoms with Gasteiger partial charge in [-0.05, 0) is 134 Å². The van der Waals surface area contributed by atoms with Gasteiger partial charge in [-0.15, -0.1) is 0 Å². The summed E-state index contributed by atoms with van der Waals surface area (Å²) < 4.78 is 22.4. The average Bonchev–Trinajstić information content (AvgIpc) is 3.15. The molecule has 262 valence electrons. The largest absolute Gasteiger partial charge is 0.494 e. The molecule has 0 N–H and O–H groups in total. The molecule has 0 unspecified atom stereocenters. The number of esters is 2. The SMILES string of the molecule is CCCCCOc1ccc(C(=O)Oc2ccc(C=NCCCCN=Cc3ccc(OC(=O)c4ccc(OCCCCC)cc4)cc3)cc2)cc1. The number of nitrogens with zero attached hydrogens (tertiary/aromatic N) is 2. The molecule has 8 heteroatoms. The van der Waals surface area contributed by atoms with Gasteiger partial charge < -0.3 is 18.9 Å². The minimum Gasteiger partial charge on any atom is -0.494 e. The molecule has 0 saturated heterocycles. The fraction of sp³-hybridized carbons (Fsp3) is 0.333. The Morgan fingerprint density at radius 2 is 0.840 bits per heavy atom. The van der Waals surface area contributed by atoms with E-state index in [2.05, 4.69) is 23.8 Å². The highest BCUT2D eigenvalue weighted by Gasteiger charge is 2.10. The van der Waals surface area contributed by atoms with Gasteiger partial charge in [-0.2, -0.15) is 0 Å². The molecule has 0 aromatic heterocycles. The molecule has 0 fully saturated rings. The van der Waals surface area contributed by atoms with E-state index in [1.54, 1.807) is 72.8 Å². The van der Waals surface area contributed by atoms with Gasteiger partial charge in [-0.1, -0.05) is 39.5 Å². The molecule has 4 aromatic carbocycles. The van der Waals surface area contributed by atoms with Crippen molar-refractivity contribution in [3.8, 4) is 23.0 Å². The minimum absolute atomic E-state index is 0.411. The summed E-state index contributed by atoms with van der Waals surface area (Å²) in [6.07, 6.45) is 12.1. The van der Waals surface area contributed by atoms with E-state index in [-0.39, 0.29) is 0 Å². The molecule has 0 radical (unpaired) electrons. The number of hydrogen-bond donors (Lipinski definition) is 0. The predicted molar refractivity (Wildman–Crippen MR) is 200 cm³/mol. The first-order valence-corrected chi connectivity index (χ1v) is 17.6. The zero-order valence-electron chi connectivity index (χ0n) is 29.2. The Morgan fingerprint density at radius 1 is 0.480 bits per heavy atom. The second-order valence-electron chi connectivity index (χ2n) is 11.9. The molecular weight excluding hydrogens is 628 g/mol. The third-order valence-corrected chi connectivity index (χ3v) is 7.70. The summed E-state index contributed by atoms with van der Waals surface area (Å²) in [5.41, 5.74) is 2.81. The molecular formula is C42H48N2O6. The lowest BCUT2D eigenvalue weighted by Gasteiger charge is -2.07. The van der Waals surface area contributed by atoms with Crippen molar-refractivity contribution in [2.75, 3.05) is 26.3 Å². The van der Waals surface area contributed by atoms with Crippen molar-refractivity contribution >= 4 is 24.4 Å². The van der Waals surface area contributed by atoms with Crippen molar-refractivity contribution < 1.29 is 28.5 Å². The number of aliphatic imine (C=N–C) groups is 2. The van der Waals surface area contributed by atoms with Gasteiger partial charge in [0.15, 0.2) is 0 Å². The molecule has 0 atom stereocenters. The van der Waals surface area contributed by atoms with Crippen molar-refractivity contribution in [1.82, 2.24) is 0 Å². The quantitative estimate of drug-likeness (QED) is 0.0378. The fourth-order valence-corrected chi connectivity index (χ4v) is 4.78. The van der Waals surface area contributed by atoms with Crippen LogP contribution in [-0.2, 0) is 0 Å². The molecule has 4 aromatic rings. The van der Waals surface area contributed by atoms with Gasteiger partial charge in [0.25, 0.3) is 0 Å². The van der Waals surface area contributed by atoms with Crippen LogP contribution in [-0.4, -0.2) is 50.7 Å². The summed E-state index contributed by atoms with van der Waals surface area (Å²) in [5, 5.41) is 0. The van der Waals surface area contributed by atoms with Gasteiger partial charge in [0, 0.05) is 25.5 Å². The molecule has 0 aliphatic heterocycles. The number of carbonyl (C=O) groups is 2. The zero-order valence-corrected chi connectivity index (χ0v) is 29.2. The summed E-state index contributed by atoms with van der Waals surface area (Å²) in [6, 6.07) is 28.6. The van der Waals surface area contributed by atoms with Crippen molar-refractivity contribution in [3.63, 3.8) is 0 Å². The van der Waals surface area contributed by atoms with E-state index in [0.29, 0.717) is 48.9 Å². The van der Waals surface area contributed by atoms with Crippen LogP contribution in [0.1, 0.15) is 97.1 Å². The Balaban J connectivity index is 1.09. The first-order chi connectivity index (χ1) is 24.5. The molecule has 0 heterocycles. The van der Waals surface area contributed by atoms with Crippen LogP contribution in [0.4, 0.5) is 0 Å². The predicted octanol–water partition coefficient (Wildman–Crippen LogP) is 9.58.